The van der Waals surface area contributed by atoms with E-state index in [4.69, 9.17) is 4.74 Å². The number of ether oxygens (including phenoxy) is 1. The van der Waals surface area contributed by atoms with Crippen LogP contribution in [-0.4, -0.2) is 69.6 Å². The third-order valence-electron chi connectivity index (χ3n) is 8.33. The van der Waals surface area contributed by atoms with Gasteiger partial charge in [-0.15, -0.1) is 0 Å². The second-order valence-corrected chi connectivity index (χ2v) is 9.73. The van der Waals surface area contributed by atoms with E-state index in [0.717, 1.165) is 28.7 Å². The topological polar surface area (TPSA) is 87.0 Å². The lowest BCUT2D eigenvalue weighted by Crippen LogP contribution is -2.84. The first-order valence-electron chi connectivity index (χ1n) is 10.1. The standard InChI is InChI=1S/C21H25NO5/c1-22(10-11-2-3-11)7-6-20-17-12-4-5-13(23)18(17)27-19(20)14(24)9-16(25)21(20,26)15(22)8-12/h4-5,11,15-16,19,25-26H,2-3,6-10H2,1H3/p+1/t15-,16?,19-,20-,21-,22+/m0/s1. The Kier molecular flexibility index (Phi) is 2.83. The smallest absolute Gasteiger partial charge is 0.177 e. The lowest BCUT2D eigenvalue weighted by molar-refractivity contribution is -0.951. The minimum absolute atomic E-state index is 0.0152. The van der Waals surface area contributed by atoms with Crippen LogP contribution < -0.4 is 4.74 Å². The van der Waals surface area contributed by atoms with Crippen LogP contribution in [0.3, 0.4) is 0 Å². The quantitative estimate of drug-likeness (QED) is 0.664. The SMILES string of the molecule is C[N@+]1(CC2CC2)CC[C@]23c4c5ccc(O)c4O[C@H]2C(=O)CC(O)[C@@]3(O)[C@@H]1C5. The number of benzene rings is 1. The highest BCUT2D eigenvalue weighted by Gasteiger charge is 2.79. The number of likely N-dealkylation sites (tertiary alicyclic amines) is 1. The number of rotatable bonds is 2. The molecule has 5 aliphatic rings. The molecule has 0 amide bonds. The van der Waals surface area contributed by atoms with E-state index in [9.17, 15) is 20.1 Å². The third kappa shape index (κ3) is 1.67. The number of likely N-dealkylation sites (N-methyl/N-ethyl adjacent to an activating group) is 1. The van der Waals surface area contributed by atoms with Crippen LogP contribution in [0.2, 0.25) is 0 Å². The lowest BCUT2D eigenvalue weighted by Gasteiger charge is -2.65. The fraction of sp³-hybridized carbons (Fsp3) is 0.667. The molecule has 6 atom stereocenters. The van der Waals surface area contributed by atoms with Gasteiger partial charge in [-0.1, -0.05) is 6.07 Å². The van der Waals surface area contributed by atoms with Gasteiger partial charge in [0.25, 0.3) is 0 Å². The van der Waals surface area contributed by atoms with E-state index in [0.29, 0.717) is 24.5 Å². The van der Waals surface area contributed by atoms with E-state index >= 15 is 0 Å². The Balaban J connectivity index is 1.63. The van der Waals surface area contributed by atoms with Crippen molar-refractivity contribution in [2.45, 2.75) is 61.4 Å². The van der Waals surface area contributed by atoms with Crippen molar-refractivity contribution in [2.24, 2.45) is 5.92 Å². The summed E-state index contributed by atoms with van der Waals surface area (Å²) in [7, 11) is 2.20. The van der Waals surface area contributed by atoms with Gasteiger partial charge in [0.05, 0.1) is 31.7 Å². The summed E-state index contributed by atoms with van der Waals surface area (Å²) in [5.74, 6) is 0.881. The van der Waals surface area contributed by atoms with Crippen LogP contribution in [0.5, 0.6) is 11.5 Å². The number of aromatic hydroxyl groups is 1. The van der Waals surface area contributed by atoms with Crippen molar-refractivity contribution in [2.75, 3.05) is 20.1 Å². The zero-order chi connectivity index (χ0) is 18.8. The summed E-state index contributed by atoms with van der Waals surface area (Å²) in [4.78, 5) is 12.9. The highest BCUT2D eigenvalue weighted by atomic mass is 16.5. The van der Waals surface area contributed by atoms with Crippen molar-refractivity contribution in [3.63, 3.8) is 0 Å². The molecule has 0 aromatic heterocycles. The third-order valence-corrected chi connectivity index (χ3v) is 8.33. The molecule has 1 spiro atoms. The van der Waals surface area contributed by atoms with Crippen LogP contribution in [0.15, 0.2) is 12.1 Å². The number of hydrogen-bond donors (Lipinski definition) is 3. The Hall–Kier alpha value is -1.63. The molecule has 3 aliphatic carbocycles. The number of hydrogen-bond acceptors (Lipinski definition) is 5. The number of aliphatic hydroxyl groups is 2. The number of phenols is 1. The maximum absolute atomic E-state index is 12.9. The van der Waals surface area contributed by atoms with E-state index < -0.39 is 23.2 Å². The molecule has 1 aromatic carbocycles. The molecule has 6 heteroatoms. The molecule has 144 valence electrons. The summed E-state index contributed by atoms with van der Waals surface area (Å²) in [5, 5.41) is 33.6. The summed E-state index contributed by atoms with van der Waals surface area (Å²) in [6.45, 7) is 1.85. The van der Waals surface area contributed by atoms with Crippen LogP contribution in [0, 0.1) is 5.92 Å². The van der Waals surface area contributed by atoms with Crippen LogP contribution in [0.4, 0.5) is 0 Å². The number of carbonyl (C=O) groups is 1. The first-order chi connectivity index (χ1) is 12.8. The average molecular weight is 372 g/mol. The number of aliphatic hydroxyl groups excluding tert-OH is 1. The Morgan fingerprint density at radius 3 is 2.81 bits per heavy atom. The average Bonchev–Trinajstić information content (AvgIpc) is 3.34. The van der Waals surface area contributed by atoms with E-state index in [2.05, 4.69) is 7.05 Å². The highest BCUT2D eigenvalue weighted by molar-refractivity contribution is 5.90. The second-order valence-electron chi connectivity index (χ2n) is 9.73. The van der Waals surface area contributed by atoms with Crippen molar-refractivity contribution in [1.29, 1.82) is 0 Å². The van der Waals surface area contributed by atoms with E-state index in [-0.39, 0.29) is 24.0 Å². The Labute approximate surface area is 158 Å². The van der Waals surface area contributed by atoms with Gasteiger partial charge < -0.3 is 24.5 Å². The number of piperidine rings is 1. The van der Waals surface area contributed by atoms with Gasteiger partial charge in [-0.25, -0.2) is 0 Å². The van der Waals surface area contributed by atoms with Gasteiger partial charge in [0, 0.05) is 30.7 Å². The van der Waals surface area contributed by atoms with Crippen molar-refractivity contribution in [3.05, 3.63) is 23.3 Å². The molecule has 2 saturated carbocycles. The maximum Gasteiger partial charge on any atom is 0.177 e. The van der Waals surface area contributed by atoms with Crippen molar-refractivity contribution < 1.29 is 29.3 Å². The summed E-state index contributed by atoms with van der Waals surface area (Å²) in [5.41, 5.74) is -0.549. The fourth-order valence-corrected chi connectivity index (χ4v) is 6.97. The Morgan fingerprint density at radius 2 is 2.07 bits per heavy atom. The van der Waals surface area contributed by atoms with Crippen LogP contribution >= 0.6 is 0 Å². The molecule has 1 saturated heterocycles. The number of quaternary nitrogens is 1. The lowest BCUT2D eigenvalue weighted by atomic mass is 9.47. The van der Waals surface area contributed by atoms with Gasteiger partial charge >= 0.3 is 0 Å². The number of Topliss-reactive ketones (excluding diaryl/α,β-unsaturated/α-hetero) is 1. The molecule has 1 aromatic rings. The van der Waals surface area contributed by atoms with Crippen LogP contribution in [0.1, 0.15) is 36.8 Å². The molecule has 27 heavy (non-hydrogen) atoms. The Morgan fingerprint density at radius 1 is 1.30 bits per heavy atom. The summed E-state index contributed by atoms with van der Waals surface area (Å²) in [6.07, 6.45) is 1.69. The van der Waals surface area contributed by atoms with E-state index in [1.165, 1.54) is 12.8 Å². The second kappa shape index (κ2) is 4.67. The molecule has 2 aliphatic heterocycles. The molecule has 0 radical (unpaired) electrons. The maximum atomic E-state index is 12.9. The van der Waals surface area contributed by atoms with Crippen LogP contribution in [0.25, 0.3) is 0 Å². The number of ketones is 1. The normalized spacial score (nSPS) is 46.8. The number of nitrogens with zero attached hydrogens (tertiary/aromatic N) is 1. The molecule has 1 unspecified atom stereocenters. The van der Waals surface area contributed by atoms with Gasteiger partial charge in [-0.3, -0.25) is 4.79 Å². The molecule has 6 nitrogen and oxygen atoms in total. The monoisotopic (exact) mass is 372 g/mol. The molecule has 2 bridgehead atoms. The fourth-order valence-electron chi connectivity index (χ4n) is 6.97. The van der Waals surface area contributed by atoms with Crippen molar-refractivity contribution >= 4 is 5.78 Å². The minimum Gasteiger partial charge on any atom is -0.504 e. The van der Waals surface area contributed by atoms with Crippen molar-refractivity contribution in [1.82, 2.24) is 0 Å². The number of phenolic OH excluding ortho intramolecular Hbond substituents is 1. The highest BCUT2D eigenvalue weighted by Crippen LogP contribution is 2.65. The van der Waals surface area contributed by atoms with E-state index in [1.54, 1.807) is 6.07 Å². The zero-order valence-corrected chi connectivity index (χ0v) is 15.5. The predicted molar refractivity (Wildman–Crippen MR) is 95.5 cm³/mol. The summed E-state index contributed by atoms with van der Waals surface area (Å²) >= 11 is 0. The first kappa shape index (κ1) is 16.3. The molecular weight excluding hydrogens is 346 g/mol. The van der Waals surface area contributed by atoms with Gasteiger partial charge in [0.1, 0.15) is 6.04 Å². The molecule has 6 rings (SSSR count). The molecular formula is C21H26NO5+. The Bertz CT molecular complexity index is 882. The van der Waals surface area contributed by atoms with Gasteiger partial charge in [0.15, 0.2) is 29.0 Å². The summed E-state index contributed by atoms with van der Waals surface area (Å²) in [6, 6.07) is 3.37. The molecule has 2 heterocycles. The van der Waals surface area contributed by atoms with Gasteiger partial charge in [0.2, 0.25) is 0 Å². The van der Waals surface area contributed by atoms with Gasteiger partial charge in [-0.2, -0.15) is 0 Å². The largest absolute Gasteiger partial charge is 0.504 e. The van der Waals surface area contributed by atoms with E-state index in [1.807, 2.05) is 6.07 Å². The number of carbonyl (C=O) groups excluding carboxylic acids is 1. The van der Waals surface area contributed by atoms with Crippen LogP contribution in [-0.2, 0) is 16.6 Å². The minimum atomic E-state index is -1.42. The first-order valence-corrected chi connectivity index (χ1v) is 10.1. The zero-order valence-electron chi connectivity index (χ0n) is 15.5. The summed E-state index contributed by atoms with van der Waals surface area (Å²) < 4.78 is 6.75. The predicted octanol–water partition coefficient (Wildman–Crippen LogP) is 0.641. The van der Waals surface area contributed by atoms with Crippen molar-refractivity contribution in [3.8, 4) is 11.5 Å². The van der Waals surface area contributed by atoms with Gasteiger partial charge in [-0.05, 0) is 24.5 Å². The molecule has 3 N–H and O–H groups in total. The molecule has 3 fully saturated rings.